The molecule has 4 rings (SSSR count). The maximum absolute atomic E-state index is 13.3. The Bertz CT molecular complexity index is 1270. The number of anilines is 2. The molecule has 0 aromatic carbocycles. The van der Waals surface area contributed by atoms with E-state index in [4.69, 9.17) is 11.6 Å². The third-order valence-electron chi connectivity index (χ3n) is 6.78. The molecule has 3 aromatic heterocycles. The fourth-order valence-electron chi connectivity index (χ4n) is 4.72. The highest BCUT2D eigenvalue weighted by Crippen LogP contribution is 2.33. The number of carbonyl (C=O) groups is 2. The van der Waals surface area contributed by atoms with E-state index in [1.54, 1.807) is 18.5 Å². The van der Waals surface area contributed by atoms with Crippen LogP contribution in [0, 0.1) is 19.8 Å². The Morgan fingerprint density at radius 2 is 1.89 bits per heavy atom. The van der Waals surface area contributed by atoms with Gasteiger partial charge in [-0.3, -0.25) is 19.6 Å². The van der Waals surface area contributed by atoms with E-state index in [2.05, 4.69) is 25.9 Å². The third-order valence-corrected chi connectivity index (χ3v) is 8.39. The van der Waals surface area contributed by atoms with Gasteiger partial charge in [-0.15, -0.1) is 11.3 Å². The van der Waals surface area contributed by atoms with E-state index in [-0.39, 0.29) is 11.8 Å². The summed E-state index contributed by atoms with van der Waals surface area (Å²) in [4.78, 5) is 36.6. The van der Waals surface area contributed by atoms with Crippen molar-refractivity contribution in [2.45, 2.75) is 71.4 Å². The van der Waals surface area contributed by atoms with Gasteiger partial charge in [-0.1, -0.05) is 37.3 Å². The van der Waals surface area contributed by atoms with Crippen molar-refractivity contribution in [1.29, 1.82) is 0 Å². The van der Waals surface area contributed by atoms with Gasteiger partial charge < -0.3 is 16.0 Å². The summed E-state index contributed by atoms with van der Waals surface area (Å²) in [5.74, 6) is -0.00271. The van der Waals surface area contributed by atoms with Crippen molar-refractivity contribution in [1.82, 2.24) is 15.3 Å². The second-order valence-electron chi connectivity index (χ2n) is 10.3. The monoisotopic (exact) mass is 539 g/mol. The van der Waals surface area contributed by atoms with Crippen LogP contribution in [0.15, 0.2) is 42.7 Å². The molecule has 3 heterocycles. The molecule has 37 heavy (non-hydrogen) atoms. The molecule has 1 aliphatic rings. The van der Waals surface area contributed by atoms with Crippen molar-refractivity contribution in [2.24, 2.45) is 5.92 Å². The zero-order valence-electron chi connectivity index (χ0n) is 21.7. The van der Waals surface area contributed by atoms with E-state index in [1.807, 2.05) is 52.0 Å². The summed E-state index contributed by atoms with van der Waals surface area (Å²) in [7, 11) is 0. The molecule has 0 radical (unpaired) electrons. The maximum Gasteiger partial charge on any atom is 0.262 e. The van der Waals surface area contributed by atoms with Crippen LogP contribution in [0.5, 0.6) is 0 Å². The van der Waals surface area contributed by atoms with Gasteiger partial charge in [-0.2, -0.15) is 0 Å². The smallest absolute Gasteiger partial charge is 0.262 e. The summed E-state index contributed by atoms with van der Waals surface area (Å²) in [5.41, 5.74) is 2.73. The van der Waals surface area contributed by atoms with Crippen molar-refractivity contribution in [3.63, 3.8) is 0 Å². The molecule has 2 amide bonds. The molecule has 3 aromatic rings. The average molecular weight is 540 g/mol. The number of nitrogens with one attached hydrogen (secondary N) is 3. The number of pyridine rings is 2. The quantitative estimate of drug-likeness (QED) is 0.289. The second kappa shape index (κ2) is 11.6. The highest BCUT2D eigenvalue weighted by atomic mass is 35.5. The molecule has 0 aliphatic heterocycles. The standard InChI is InChI=1S/C28H34ClN5O2S/c1-17-13-21(11-12-30-17)32-26(35)23(14-19-7-5-6-8-19)33-27(36)24-9-10-25(37-24)28(3,4)34-22-15-20(29)16-31-18(22)2/h9-13,15-16,19,23,34H,5-8,14H2,1-4H3,(H,33,36)(H,30,32,35). The van der Waals surface area contributed by atoms with Crippen LogP contribution in [0.2, 0.25) is 5.02 Å². The van der Waals surface area contributed by atoms with Gasteiger partial charge in [0, 0.05) is 28.7 Å². The first-order valence-electron chi connectivity index (χ1n) is 12.7. The number of thiophene rings is 1. The van der Waals surface area contributed by atoms with E-state index in [9.17, 15) is 9.59 Å². The first-order chi connectivity index (χ1) is 17.6. The van der Waals surface area contributed by atoms with Crippen LogP contribution < -0.4 is 16.0 Å². The van der Waals surface area contributed by atoms with Crippen molar-refractivity contribution in [3.05, 3.63) is 68.9 Å². The van der Waals surface area contributed by atoms with E-state index >= 15 is 0 Å². The van der Waals surface area contributed by atoms with Crippen LogP contribution >= 0.6 is 22.9 Å². The van der Waals surface area contributed by atoms with Crippen LogP contribution in [-0.2, 0) is 10.3 Å². The van der Waals surface area contributed by atoms with Crippen molar-refractivity contribution >= 4 is 46.1 Å². The zero-order valence-corrected chi connectivity index (χ0v) is 23.3. The maximum atomic E-state index is 13.3. The second-order valence-corrected chi connectivity index (χ2v) is 11.8. The minimum Gasteiger partial charge on any atom is -0.374 e. The summed E-state index contributed by atoms with van der Waals surface area (Å²) >= 11 is 7.55. The van der Waals surface area contributed by atoms with Gasteiger partial charge in [-0.05, 0) is 70.4 Å². The Hall–Kier alpha value is -2.97. The number of rotatable bonds is 9. The van der Waals surface area contributed by atoms with Crippen LogP contribution in [-0.4, -0.2) is 27.8 Å². The first-order valence-corrected chi connectivity index (χ1v) is 13.8. The van der Waals surface area contributed by atoms with Crippen molar-refractivity contribution in [3.8, 4) is 0 Å². The van der Waals surface area contributed by atoms with Gasteiger partial charge in [0.2, 0.25) is 5.91 Å². The normalized spacial score (nSPS) is 14.8. The van der Waals surface area contributed by atoms with Crippen LogP contribution in [0.3, 0.4) is 0 Å². The minimum absolute atomic E-state index is 0.200. The Balaban J connectivity index is 1.47. The lowest BCUT2D eigenvalue weighted by Crippen LogP contribution is -2.44. The lowest BCUT2D eigenvalue weighted by atomic mass is 9.97. The number of amides is 2. The van der Waals surface area contributed by atoms with Crippen LogP contribution in [0.25, 0.3) is 0 Å². The molecule has 1 saturated carbocycles. The summed E-state index contributed by atoms with van der Waals surface area (Å²) in [6.07, 6.45) is 8.45. The molecule has 0 bridgehead atoms. The number of hydrogen-bond donors (Lipinski definition) is 3. The Labute approximate surface area is 227 Å². The molecule has 0 saturated heterocycles. The summed E-state index contributed by atoms with van der Waals surface area (Å²) in [6.45, 7) is 7.90. The van der Waals surface area contributed by atoms with Crippen LogP contribution in [0.1, 0.15) is 71.9 Å². The molecule has 196 valence electrons. The topological polar surface area (TPSA) is 96.0 Å². The third kappa shape index (κ3) is 7.08. The van der Waals surface area contributed by atoms with E-state index in [0.29, 0.717) is 27.9 Å². The molecule has 9 heteroatoms. The largest absolute Gasteiger partial charge is 0.374 e. The van der Waals surface area contributed by atoms with Crippen molar-refractivity contribution < 1.29 is 9.59 Å². The number of aryl methyl sites for hydroxylation is 2. The van der Waals surface area contributed by atoms with Crippen LogP contribution in [0.4, 0.5) is 11.4 Å². The molecule has 3 N–H and O–H groups in total. The Morgan fingerprint density at radius 3 is 2.62 bits per heavy atom. The lowest BCUT2D eigenvalue weighted by Gasteiger charge is -2.27. The number of aromatic nitrogens is 2. The highest BCUT2D eigenvalue weighted by molar-refractivity contribution is 7.14. The first kappa shape index (κ1) is 27.1. The fourth-order valence-corrected chi connectivity index (χ4v) is 5.85. The van der Waals surface area contributed by atoms with E-state index in [1.165, 1.54) is 24.2 Å². The zero-order chi connectivity index (χ0) is 26.6. The molecular formula is C28H34ClN5O2S. The number of hydrogen-bond acceptors (Lipinski definition) is 6. The molecule has 1 aliphatic carbocycles. The number of carbonyl (C=O) groups excluding carboxylic acids is 2. The summed E-state index contributed by atoms with van der Waals surface area (Å²) in [5, 5.41) is 10.0. The number of halogens is 1. The molecule has 7 nitrogen and oxygen atoms in total. The molecule has 1 atom stereocenters. The van der Waals surface area contributed by atoms with Gasteiger partial charge >= 0.3 is 0 Å². The predicted octanol–water partition coefficient (Wildman–Crippen LogP) is 6.47. The number of nitrogens with zero attached hydrogens (tertiary/aromatic N) is 2. The van der Waals surface area contributed by atoms with E-state index in [0.717, 1.165) is 34.8 Å². The van der Waals surface area contributed by atoms with Gasteiger partial charge in [0.15, 0.2) is 0 Å². The summed E-state index contributed by atoms with van der Waals surface area (Å²) in [6, 6.07) is 8.59. The molecule has 1 unspecified atom stereocenters. The van der Waals surface area contributed by atoms with Gasteiger partial charge in [0.05, 0.1) is 26.8 Å². The molecule has 0 spiro atoms. The van der Waals surface area contributed by atoms with E-state index < -0.39 is 11.6 Å². The van der Waals surface area contributed by atoms with Gasteiger partial charge in [0.25, 0.3) is 5.91 Å². The fraction of sp³-hybridized carbons (Fsp3) is 0.429. The van der Waals surface area contributed by atoms with Crippen molar-refractivity contribution in [2.75, 3.05) is 10.6 Å². The predicted molar refractivity (Wildman–Crippen MR) is 150 cm³/mol. The lowest BCUT2D eigenvalue weighted by molar-refractivity contribution is -0.118. The van der Waals surface area contributed by atoms with Gasteiger partial charge in [0.1, 0.15) is 6.04 Å². The van der Waals surface area contributed by atoms with Gasteiger partial charge in [-0.25, -0.2) is 0 Å². The Kier molecular flexibility index (Phi) is 8.49. The Morgan fingerprint density at radius 1 is 1.14 bits per heavy atom. The average Bonchev–Trinajstić information content (AvgIpc) is 3.54. The minimum atomic E-state index is -0.610. The molecule has 1 fully saturated rings. The summed E-state index contributed by atoms with van der Waals surface area (Å²) < 4.78 is 0. The highest BCUT2D eigenvalue weighted by Gasteiger charge is 2.29. The molecular weight excluding hydrogens is 506 g/mol. The SMILES string of the molecule is Cc1cc(NC(=O)C(CC2CCCC2)NC(=O)c2ccc(C(C)(C)Nc3cc(Cl)cnc3C)s2)ccn1.